The van der Waals surface area contributed by atoms with E-state index in [2.05, 4.69) is 6.92 Å². The first-order chi connectivity index (χ1) is 9.19. The van der Waals surface area contributed by atoms with E-state index in [4.69, 9.17) is 5.73 Å². The highest BCUT2D eigenvalue weighted by Crippen LogP contribution is 2.34. The van der Waals surface area contributed by atoms with Crippen molar-refractivity contribution in [2.75, 3.05) is 18.8 Å². The minimum absolute atomic E-state index is 0.0645. The van der Waals surface area contributed by atoms with Gasteiger partial charge in [0.2, 0.25) is 0 Å². The van der Waals surface area contributed by atoms with Crippen molar-refractivity contribution in [3.8, 4) is 0 Å². The highest BCUT2D eigenvalue weighted by atomic mass is 32.1. The molecule has 0 spiro atoms. The molecule has 4 heteroatoms. The fourth-order valence-corrected chi connectivity index (χ4v) is 3.21. The van der Waals surface area contributed by atoms with Crippen LogP contribution in [0.15, 0.2) is 24.3 Å². The molecule has 1 aromatic heterocycles. The Labute approximate surface area is 118 Å². The van der Waals surface area contributed by atoms with E-state index in [0.717, 1.165) is 36.0 Å². The van der Waals surface area contributed by atoms with Crippen molar-refractivity contribution in [1.29, 1.82) is 0 Å². The molecule has 0 aliphatic rings. The lowest BCUT2D eigenvalue weighted by atomic mass is 10.2. The van der Waals surface area contributed by atoms with Gasteiger partial charge in [0.1, 0.15) is 4.88 Å². The van der Waals surface area contributed by atoms with Crippen LogP contribution in [0.25, 0.3) is 10.1 Å². The van der Waals surface area contributed by atoms with Gasteiger partial charge in [-0.25, -0.2) is 0 Å². The zero-order valence-electron chi connectivity index (χ0n) is 11.5. The van der Waals surface area contributed by atoms with Crippen LogP contribution >= 0.6 is 11.3 Å². The van der Waals surface area contributed by atoms with E-state index in [1.165, 1.54) is 11.3 Å². The summed E-state index contributed by atoms with van der Waals surface area (Å²) in [5.41, 5.74) is 6.75. The van der Waals surface area contributed by atoms with Crippen LogP contribution in [0.5, 0.6) is 0 Å². The molecule has 102 valence electrons. The Kier molecular flexibility index (Phi) is 4.43. The van der Waals surface area contributed by atoms with Crippen LogP contribution in [0.3, 0.4) is 0 Å². The second-order valence-corrected chi connectivity index (χ2v) is 5.63. The number of carbonyl (C=O) groups is 1. The first kappa shape index (κ1) is 13.9. The molecule has 2 N–H and O–H groups in total. The Hall–Kier alpha value is -1.55. The summed E-state index contributed by atoms with van der Waals surface area (Å²) in [5, 5.41) is 0.988. The van der Waals surface area contributed by atoms with Crippen LogP contribution in [0.4, 0.5) is 5.69 Å². The second-order valence-electron chi connectivity index (χ2n) is 4.58. The summed E-state index contributed by atoms with van der Waals surface area (Å²) >= 11 is 1.49. The number of fused-ring (bicyclic) bond motifs is 1. The maximum absolute atomic E-state index is 12.5. The van der Waals surface area contributed by atoms with Gasteiger partial charge in [-0.2, -0.15) is 0 Å². The molecule has 0 unspecified atom stereocenters. The van der Waals surface area contributed by atoms with Gasteiger partial charge in [-0.15, -0.1) is 11.3 Å². The topological polar surface area (TPSA) is 46.3 Å². The number of amides is 1. The molecule has 1 heterocycles. The number of nitrogens with two attached hydrogens (primary N) is 1. The van der Waals surface area contributed by atoms with Crippen molar-refractivity contribution in [2.45, 2.75) is 26.7 Å². The van der Waals surface area contributed by atoms with Crippen molar-refractivity contribution < 1.29 is 4.79 Å². The van der Waals surface area contributed by atoms with E-state index in [1.807, 2.05) is 36.1 Å². The largest absolute Gasteiger partial charge is 0.397 e. The van der Waals surface area contributed by atoms with Crippen LogP contribution in [-0.2, 0) is 0 Å². The maximum Gasteiger partial charge on any atom is 0.266 e. The van der Waals surface area contributed by atoms with Crippen LogP contribution in [0, 0.1) is 0 Å². The molecule has 0 fully saturated rings. The number of rotatable bonds is 5. The number of hydrogen-bond donors (Lipinski definition) is 1. The summed E-state index contributed by atoms with van der Waals surface area (Å²) in [5.74, 6) is 0.0645. The number of nitrogen functional groups attached to an aromatic ring is 1. The summed E-state index contributed by atoms with van der Waals surface area (Å²) in [4.78, 5) is 15.1. The molecule has 0 radical (unpaired) electrons. The summed E-state index contributed by atoms with van der Waals surface area (Å²) in [6, 6.07) is 7.91. The minimum atomic E-state index is 0.0645. The van der Waals surface area contributed by atoms with Gasteiger partial charge in [0.05, 0.1) is 5.69 Å². The van der Waals surface area contributed by atoms with Crippen LogP contribution < -0.4 is 5.73 Å². The van der Waals surface area contributed by atoms with Crippen molar-refractivity contribution in [1.82, 2.24) is 4.90 Å². The fraction of sp³-hybridized carbons (Fsp3) is 0.400. The third-order valence-corrected chi connectivity index (χ3v) is 4.45. The predicted octanol–water partition coefficient (Wildman–Crippen LogP) is 3.75. The van der Waals surface area contributed by atoms with Gasteiger partial charge in [0.25, 0.3) is 5.91 Å². The SMILES string of the molecule is CCCCN(CC)C(=O)c1sc2ccccc2c1N. The molecular formula is C15H20N2OS. The Bertz CT molecular complexity index is 577. The lowest BCUT2D eigenvalue weighted by molar-refractivity contribution is 0.0768. The molecule has 3 nitrogen and oxygen atoms in total. The van der Waals surface area contributed by atoms with Crippen molar-refractivity contribution in [2.24, 2.45) is 0 Å². The van der Waals surface area contributed by atoms with Gasteiger partial charge < -0.3 is 10.6 Å². The highest BCUT2D eigenvalue weighted by molar-refractivity contribution is 7.21. The van der Waals surface area contributed by atoms with E-state index in [-0.39, 0.29) is 5.91 Å². The molecule has 0 saturated carbocycles. The zero-order valence-corrected chi connectivity index (χ0v) is 12.3. The number of hydrogen-bond acceptors (Lipinski definition) is 3. The molecule has 1 amide bonds. The molecule has 19 heavy (non-hydrogen) atoms. The monoisotopic (exact) mass is 276 g/mol. The number of benzene rings is 1. The van der Waals surface area contributed by atoms with Crippen LogP contribution in [0.2, 0.25) is 0 Å². The van der Waals surface area contributed by atoms with Gasteiger partial charge in [-0.1, -0.05) is 31.5 Å². The summed E-state index contributed by atoms with van der Waals surface area (Å²) in [6.07, 6.45) is 2.12. The molecule has 0 aliphatic carbocycles. The van der Waals surface area contributed by atoms with E-state index in [1.54, 1.807) is 0 Å². The molecule has 0 aliphatic heterocycles. The third kappa shape index (κ3) is 2.73. The third-order valence-electron chi connectivity index (χ3n) is 3.28. The predicted molar refractivity (Wildman–Crippen MR) is 82.7 cm³/mol. The lowest BCUT2D eigenvalue weighted by Crippen LogP contribution is -2.31. The zero-order chi connectivity index (χ0) is 13.8. The van der Waals surface area contributed by atoms with Gasteiger partial charge in [0.15, 0.2) is 0 Å². The molecule has 2 rings (SSSR count). The van der Waals surface area contributed by atoms with E-state index < -0.39 is 0 Å². The van der Waals surface area contributed by atoms with E-state index in [9.17, 15) is 4.79 Å². The Morgan fingerprint density at radius 1 is 1.32 bits per heavy atom. The molecule has 0 saturated heterocycles. The number of unbranched alkanes of at least 4 members (excludes halogenated alkanes) is 1. The van der Waals surface area contributed by atoms with Crippen molar-refractivity contribution in [3.63, 3.8) is 0 Å². The fourth-order valence-electron chi connectivity index (χ4n) is 2.12. The number of nitrogens with zero attached hydrogens (tertiary/aromatic N) is 1. The van der Waals surface area contributed by atoms with Gasteiger partial charge in [-0.3, -0.25) is 4.79 Å². The van der Waals surface area contributed by atoms with Crippen molar-refractivity contribution in [3.05, 3.63) is 29.1 Å². The van der Waals surface area contributed by atoms with E-state index >= 15 is 0 Å². The Morgan fingerprint density at radius 3 is 2.68 bits per heavy atom. The van der Waals surface area contributed by atoms with E-state index in [0.29, 0.717) is 10.6 Å². The van der Waals surface area contributed by atoms with Crippen LogP contribution in [-0.4, -0.2) is 23.9 Å². The average Bonchev–Trinajstić information content (AvgIpc) is 2.77. The van der Waals surface area contributed by atoms with Crippen LogP contribution in [0.1, 0.15) is 36.4 Å². The standard InChI is InChI=1S/C15H20N2OS/c1-3-5-10-17(4-2)15(18)14-13(16)11-8-6-7-9-12(11)19-14/h6-9H,3-5,10,16H2,1-2H3. The molecular weight excluding hydrogens is 256 g/mol. The second kappa shape index (κ2) is 6.06. The lowest BCUT2D eigenvalue weighted by Gasteiger charge is -2.20. The van der Waals surface area contributed by atoms with Gasteiger partial charge in [-0.05, 0) is 19.4 Å². The molecule has 0 atom stereocenters. The smallest absolute Gasteiger partial charge is 0.266 e. The Balaban J connectivity index is 2.32. The minimum Gasteiger partial charge on any atom is -0.397 e. The van der Waals surface area contributed by atoms with Gasteiger partial charge in [0, 0.05) is 23.2 Å². The van der Waals surface area contributed by atoms with Gasteiger partial charge >= 0.3 is 0 Å². The molecule has 1 aromatic carbocycles. The number of anilines is 1. The summed E-state index contributed by atoms with van der Waals surface area (Å²) < 4.78 is 1.08. The maximum atomic E-state index is 12.5. The number of carbonyl (C=O) groups excluding carboxylic acids is 1. The summed E-state index contributed by atoms with van der Waals surface area (Å²) in [7, 11) is 0. The Morgan fingerprint density at radius 2 is 2.05 bits per heavy atom. The average molecular weight is 276 g/mol. The van der Waals surface area contributed by atoms with Crippen molar-refractivity contribution >= 4 is 33.0 Å². The first-order valence-electron chi connectivity index (χ1n) is 6.75. The highest BCUT2D eigenvalue weighted by Gasteiger charge is 2.20. The quantitative estimate of drug-likeness (QED) is 0.904. The molecule has 0 bridgehead atoms. The summed E-state index contributed by atoms with van der Waals surface area (Å²) in [6.45, 7) is 5.68. The number of thiophene rings is 1. The normalized spacial score (nSPS) is 10.8. The molecule has 2 aromatic rings. The first-order valence-corrected chi connectivity index (χ1v) is 7.57.